The quantitative estimate of drug-likeness (QED) is 0.875. The highest BCUT2D eigenvalue weighted by atomic mass is 32.1. The van der Waals surface area contributed by atoms with E-state index in [1.807, 2.05) is 37.1 Å². The van der Waals surface area contributed by atoms with Crippen LogP contribution in [0.4, 0.5) is 0 Å². The van der Waals surface area contributed by atoms with Crippen molar-refractivity contribution in [3.8, 4) is 0 Å². The van der Waals surface area contributed by atoms with Gasteiger partial charge in [-0.25, -0.2) is 0 Å². The van der Waals surface area contributed by atoms with Crippen molar-refractivity contribution >= 4 is 17.2 Å². The molecule has 3 rings (SSSR count). The second kappa shape index (κ2) is 5.26. The van der Waals surface area contributed by atoms with Crippen molar-refractivity contribution in [3.63, 3.8) is 0 Å². The van der Waals surface area contributed by atoms with Crippen LogP contribution in [-0.2, 0) is 16.8 Å². The fourth-order valence-corrected chi connectivity index (χ4v) is 3.11. The summed E-state index contributed by atoms with van der Waals surface area (Å²) in [6.07, 6.45) is 0.456. The Morgan fingerprint density at radius 3 is 2.90 bits per heavy atom. The summed E-state index contributed by atoms with van der Waals surface area (Å²) in [5.41, 5.74) is -0.138. The predicted molar refractivity (Wildman–Crippen MR) is 80.1 cm³/mol. The van der Waals surface area contributed by atoms with Gasteiger partial charge in [0.05, 0.1) is 12.5 Å². The van der Waals surface area contributed by atoms with Gasteiger partial charge in [0, 0.05) is 23.3 Å². The zero-order valence-electron chi connectivity index (χ0n) is 12.5. The zero-order valence-corrected chi connectivity index (χ0v) is 13.3. The SMILES string of the molecule is CC(C)(C)c1noc(C2CC(=O)N(Cc3cccs3)C2)n1. The van der Waals surface area contributed by atoms with E-state index >= 15 is 0 Å². The minimum atomic E-state index is -0.138. The highest BCUT2D eigenvalue weighted by Crippen LogP contribution is 2.30. The lowest BCUT2D eigenvalue weighted by Crippen LogP contribution is -2.23. The predicted octanol–water partition coefficient (Wildman–Crippen LogP) is 2.94. The molecule has 1 aliphatic heterocycles. The van der Waals surface area contributed by atoms with Crippen LogP contribution in [0.1, 0.15) is 49.7 Å². The number of hydrogen-bond acceptors (Lipinski definition) is 5. The van der Waals surface area contributed by atoms with Gasteiger partial charge < -0.3 is 9.42 Å². The zero-order chi connectivity index (χ0) is 15.0. The van der Waals surface area contributed by atoms with Gasteiger partial charge in [-0.2, -0.15) is 4.98 Å². The lowest BCUT2D eigenvalue weighted by atomic mass is 9.96. The van der Waals surface area contributed by atoms with Crippen molar-refractivity contribution < 1.29 is 9.32 Å². The molecule has 6 heteroatoms. The third kappa shape index (κ3) is 3.00. The van der Waals surface area contributed by atoms with Crippen LogP contribution in [0.15, 0.2) is 22.0 Å². The second-order valence-corrected chi connectivity index (χ2v) is 7.49. The Morgan fingerprint density at radius 1 is 1.48 bits per heavy atom. The third-order valence-corrected chi connectivity index (χ3v) is 4.46. The molecule has 1 unspecified atom stereocenters. The van der Waals surface area contributed by atoms with E-state index in [1.165, 1.54) is 4.88 Å². The van der Waals surface area contributed by atoms with E-state index in [1.54, 1.807) is 11.3 Å². The molecule has 2 aromatic heterocycles. The van der Waals surface area contributed by atoms with E-state index < -0.39 is 0 Å². The molecule has 21 heavy (non-hydrogen) atoms. The molecule has 1 aliphatic rings. The van der Waals surface area contributed by atoms with Crippen LogP contribution in [-0.4, -0.2) is 27.5 Å². The molecule has 0 spiro atoms. The number of aromatic nitrogens is 2. The minimum absolute atomic E-state index is 0.0149. The molecule has 0 aromatic carbocycles. The smallest absolute Gasteiger partial charge is 0.232 e. The summed E-state index contributed by atoms with van der Waals surface area (Å²) in [5, 5.41) is 6.07. The molecule has 112 valence electrons. The van der Waals surface area contributed by atoms with Crippen molar-refractivity contribution in [2.24, 2.45) is 0 Å². The van der Waals surface area contributed by atoms with E-state index in [0.717, 1.165) is 0 Å². The number of amides is 1. The summed E-state index contributed by atoms with van der Waals surface area (Å²) < 4.78 is 5.37. The molecular formula is C15H19N3O2S. The van der Waals surface area contributed by atoms with Gasteiger partial charge >= 0.3 is 0 Å². The Labute approximate surface area is 128 Å². The van der Waals surface area contributed by atoms with Gasteiger partial charge in [-0.05, 0) is 11.4 Å². The molecule has 2 aromatic rings. The Kier molecular flexibility index (Phi) is 3.57. The first-order valence-corrected chi connectivity index (χ1v) is 7.95. The van der Waals surface area contributed by atoms with Crippen molar-refractivity contribution in [1.82, 2.24) is 15.0 Å². The maximum atomic E-state index is 12.1. The number of nitrogens with zero attached hydrogens (tertiary/aromatic N) is 3. The van der Waals surface area contributed by atoms with Crippen LogP contribution in [0.2, 0.25) is 0 Å². The van der Waals surface area contributed by atoms with Gasteiger partial charge in [0.1, 0.15) is 0 Å². The maximum Gasteiger partial charge on any atom is 0.232 e. The highest BCUT2D eigenvalue weighted by Gasteiger charge is 2.35. The highest BCUT2D eigenvalue weighted by molar-refractivity contribution is 7.09. The summed E-state index contributed by atoms with van der Waals surface area (Å²) in [4.78, 5) is 19.7. The number of carbonyl (C=O) groups excluding carboxylic acids is 1. The van der Waals surface area contributed by atoms with Gasteiger partial charge in [0.25, 0.3) is 0 Å². The molecule has 1 saturated heterocycles. The molecule has 0 saturated carbocycles. The largest absolute Gasteiger partial charge is 0.339 e. The topological polar surface area (TPSA) is 59.2 Å². The van der Waals surface area contributed by atoms with Crippen LogP contribution < -0.4 is 0 Å². The fourth-order valence-electron chi connectivity index (χ4n) is 2.39. The molecule has 0 aliphatic carbocycles. The molecule has 1 fully saturated rings. The van der Waals surface area contributed by atoms with Crippen molar-refractivity contribution in [2.75, 3.05) is 6.54 Å². The average Bonchev–Trinajstić information content (AvgIpc) is 3.11. The Hall–Kier alpha value is -1.69. The Balaban J connectivity index is 1.71. The molecule has 0 radical (unpaired) electrons. The standard InChI is InChI=1S/C15H19N3O2S/c1-15(2,3)14-16-13(20-17-14)10-7-12(19)18(8-10)9-11-5-4-6-21-11/h4-6,10H,7-9H2,1-3H3. The molecule has 3 heterocycles. The summed E-state index contributed by atoms with van der Waals surface area (Å²) in [5.74, 6) is 1.45. The summed E-state index contributed by atoms with van der Waals surface area (Å²) >= 11 is 1.67. The van der Waals surface area contributed by atoms with Crippen LogP contribution in [0.5, 0.6) is 0 Å². The van der Waals surface area contributed by atoms with Crippen LogP contribution >= 0.6 is 11.3 Å². The van der Waals surface area contributed by atoms with Crippen molar-refractivity contribution in [2.45, 2.75) is 45.1 Å². The van der Waals surface area contributed by atoms with E-state index in [4.69, 9.17) is 4.52 Å². The second-order valence-electron chi connectivity index (χ2n) is 6.46. The van der Waals surface area contributed by atoms with Crippen molar-refractivity contribution in [3.05, 3.63) is 34.1 Å². The maximum absolute atomic E-state index is 12.1. The Morgan fingerprint density at radius 2 is 2.29 bits per heavy atom. The number of rotatable bonds is 3. The number of thiophene rings is 1. The van der Waals surface area contributed by atoms with E-state index in [-0.39, 0.29) is 17.2 Å². The van der Waals surface area contributed by atoms with Crippen LogP contribution in [0.25, 0.3) is 0 Å². The first-order chi connectivity index (χ1) is 9.93. The lowest BCUT2D eigenvalue weighted by molar-refractivity contribution is -0.128. The van der Waals surface area contributed by atoms with Crippen molar-refractivity contribution in [1.29, 1.82) is 0 Å². The summed E-state index contributed by atoms with van der Waals surface area (Å²) in [6.45, 7) is 7.47. The number of hydrogen-bond donors (Lipinski definition) is 0. The minimum Gasteiger partial charge on any atom is -0.339 e. The van der Waals surface area contributed by atoms with Gasteiger partial charge in [-0.1, -0.05) is 32.0 Å². The average molecular weight is 305 g/mol. The first kappa shape index (κ1) is 14.3. The lowest BCUT2D eigenvalue weighted by Gasteiger charge is -2.14. The first-order valence-electron chi connectivity index (χ1n) is 7.08. The normalized spacial score (nSPS) is 19.5. The van der Waals surface area contributed by atoms with E-state index in [0.29, 0.717) is 31.2 Å². The van der Waals surface area contributed by atoms with Gasteiger partial charge in [0.2, 0.25) is 11.8 Å². The molecule has 0 N–H and O–H groups in total. The molecule has 1 amide bonds. The van der Waals surface area contributed by atoms with Gasteiger partial charge in [0.15, 0.2) is 5.82 Å². The fraction of sp³-hybridized carbons (Fsp3) is 0.533. The number of carbonyl (C=O) groups is 1. The number of likely N-dealkylation sites (tertiary alicyclic amines) is 1. The monoisotopic (exact) mass is 305 g/mol. The molecule has 0 bridgehead atoms. The van der Waals surface area contributed by atoms with E-state index in [9.17, 15) is 4.79 Å². The summed E-state index contributed by atoms with van der Waals surface area (Å²) in [6, 6.07) is 4.06. The Bertz CT molecular complexity index is 628. The van der Waals surface area contributed by atoms with E-state index in [2.05, 4.69) is 16.2 Å². The third-order valence-electron chi connectivity index (χ3n) is 3.60. The molecular weight excluding hydrogens is 286 g/mol. The van der Waals surface area contributed by atoms with Crippen LogP contribution in [0.3, 0.4) is 0 Å². The molecule has 1 atom stereocenters. The molecule has 5 nitrogen and oxygen atoms in total. The van der Waals surface area contributed by atoms with Gasteiger partial charge in [-0.3, -0.25) is 4.79 Å². The van der Waals surface area contributed by atoms with Crippen LogP contribution in [0, 0.1) is 0 Å². The van der Waals surface area contributed by atoms with Gasteiger partial charge in [-0.15, -0.1) is 11.3 Å². The summed E-state index contributed by atoms with van der Waals surface area (Å²) in [7, 11) is 0.